The van der Waals surface area contributed by atoms with Gasteiger partial charge in [0.15, 0.2) is 0 Å². The molecule has 32 heavy (non-hydrogen) atoms. The Balaban J connectivity index is 2.01. The minimum atomic E-state index is 0.909. The minimum absolute atomic E-state index is 0.909. The second kappa shape index (κ2) is 14.6. The van der Waals surface area contributed by atoms with Crippen LogP contribution < -0.4 is 0 Å². The predicted octanol–water partition coefficient (Wildman–Crippen LogP) is 7.81. The standard InChI is InChI=1S/C30H42N2/c1-6-10-13-25(8-3)23-26(9-4)24-27-17-19-28(20-18-27)30-16-11-14-29(31-30)15-12-22-32(5)21-7-2/h8-9,11,14,16-20,23H,4,6-7,10,12-13,15,21-22,24H2,1-3,5H3/b25-8-,26-23+. The van der Waals surface area contributed by atoms with Gasteiger partial charge in [0.25, 0.3) is 0 Å². The molecule has 0 bridgehead atoms. The maximum Gasteiger partial charge on any atom is 0.0705 e. The third kappa shape index (κ3) is 8.96. The van der Waals surface area contributed by atoms with E-state index in [4.69, 9.17) is 4.98 Å². The highest BCUT2D eigenvalue weighted by Gasteiger charge is 2.04. The highest BCUT2D eigenvalue weighted by atomic mass is 15.1. The molecule has 2 rings (SSSR count). The Morgan fingerprint density at radius 1 is 0.969 bits per heavy atom. The van der Waals surface area contributed by atoms with Crippen molar-refractivity contribution in [2.24, 2.45) is 0 Å². The fourth-order valence-electron chi connectivity index (χ4n) is 3.93. The fourth-order valence-corrected chi connectivity index (χ4v) is 3.93. The molecule has 2 heteroatoms. The Bertz CT molecular complexity index is 874. The van der Waals surface area contributed by atoms with Gasteiger partial charge in [0.05, 0.1) is 5.69 Å². The van der Waals surface area contributed by atoms with Crippen molar-refractivity contribution in [1.29, 1.82) is 0 Å². The molecule has 2 aromatic rings. The third-order valence-electron chi connectivity index (χ3n) is 5.87. The van der Waals surface area contributed by atoms with Crippen molar-refractivity contribution in [1.82, 2.24) is 9.88 Å². The van der Waals surface area contributed by atoms with Crippen LogP contribution in [0.4, 0.5) is 0 Å². The molecule has 0 aliphatic heterocycles. The van der Waals surface area contributed by atoms with Crippen LogP contribution in [0.1, 0.15) is 64.1 Å². The molecule has 1 aromatic heterocycles. The Hall–Kier alpha value is -2.45. The molecule has 0 spiro atoms. The van der Waals surface area contributed by atoms with Crippen molar-refractivity contribution in [3.8, 4) is 11.3 Å². The van der Waals surface area contributed by atoms with E-state index in [1.807, 2.05) is 6.08 Å². The molecule has 0 saturated heterocycles. The summed E-state index contributed by atoms with van der Waals surface area (Å²) in [5.74, 6) is 0. The van der Waals surface area contributed by atoms with Crippen LogP contribution in [0.2, 0.25) is 0 Å². The van der Waals surface area contributed by atoms with E-state index in [9.17, 15) is 0 Å². The van der Waals surface area contributed by atoms with Crippen LogP contribution >= 0.6 is 0 Å². The van der Waals surface area contributed by atoms with Gasteiger partial charge in [-0.15, -0.1) is 0 Å². The Kier molecular flexibility index (Phi) is 11.8. The smallest absolute Gasteiger partial charge is 0.0705 e. The number of aromatic nitrogens is 1. The summed E-state index contributed by atoms with van der Waals surface area (Å²) in [6, 6.07) is 15.2. The average molecular weight is 431 g/mol. The molecule has 0 radical (unpaired) electrons. The van der Waals surface area contributed by atoms with Crippen molar-refractivity contribution < 1.29 is 0 Å². The van der Waals surface area contributed by atoms with Crippen LogP contribution in [-0.4, -0.2) is 30.0 Å². The molecule has 172 valence electrons. The van der Waals surface area contributed by atoms with E-state index in [2.05, 4.69) is 93.9 Å². The summed E-state index contributed by atoms with van der Waals surface area (Å²) in [6.45, 7) is 12.9. The maximum atomic E-state index is 4.92. The summed E-state index contributed by atoms with van der Waals surface area (Å²) in [5, 5.41) is 0. The van der Waals surface area contributed by atoms with E-state index in [0.29, 0.717) is 0 Å². The molecule has 1 heterocycles. The number of pyridine rings is 1. The quantitative estimate of drug-likeness (QED) is 0.284. The van der Waals surface area contributed by atoms with Gasteiger partial charge in [-0.3, -0.25) is 4.98 Å². The second-order valence-corrected chi connectivity index (χ2v) is 8.69. The SMILES string of the molecule is C=C/C(=C\C(=C/C)CCCC)Cc1ccc(-c2cccc(CCCN(C)CCC)n2)cc1. The molecule has 1 aromatic carbocycles. The molecular weight excluding hydrogens is 388 g/mol. The van der Waals surface area contributed by atoms with Crippen molar-refractivity contribution >= 4 is 0 Å². The van der Waals surface area contributed by atoms with Crippen LogP contribution in [-0.2, 0) is 12.8 Å². The van der Waals surface area contributed by atoms with Gasteiger partial charge in [-0.05, 0) is 88.9 Å². The van der Waals surface area contributed by atoms with Gasteiger partial charge >= 0.3 is 0 Å². The molecular formula is C30H42N2. The van der Waals surface area contributed by atoms with Crippen molar-refractivity contribution in [3.05, 3.63) is 89.7 Å². The summed E-state index contributed by atoms with van der Waals surface area (Å²) < 4.78 is 0. The third-order valence-corrected chi connectivity index (χ3v) is 5.87. The fraction of sp³-hybridized carbons (Fsp3) is 0.433. The van der Waals surface area contributed by atoms with Crippen LogP contribution in [0, 0.1) is 0 Å². The number of nitrogens with zero attached hydrogens (tertiary/aromatic N) is 2. The van der Waals surface area contributed by atoms with Crippen molar-refractivity contribution in [3.63, 3.8) is 0 Å². The van der Waals surface area contributed by atoms with Crippen LogP contribution in [0.15, 0.2) is 78.4 Å². The molecule has 0 fully saturated rings. The molecule has 0 unspecified atom stereocenters. The number of rotatable bonds is 14. The highest BCUT2D eigenvalue weighted by Crippen LogP contribution is 2.21. The zero-order chi connectivity index (χ0) is 23.2. The predicted molar refractivity (Wildman–Crippen MR) is 141 cm³/mol. The number of hydrogen-bond donors (Lipinski definition) is 0. The first-order valence-corrected chi connectivity index (χ1v) is 12.3. The Morgan fingerprint density at radius 2 is 1.75 bits per heavy atom. The summed E-state index contributed by atoms with van der Waals surface area (Å²) in [6.07, 6.45) is 14.4. The molecule has 0 aliphatic carbocycles. The Morgan fingerprint density at radius 3 is 2.41 bits per heavy atom. The monoisotopic (exact) mass is 430 g/mol. The van der Waals surface area contributed by atoms with E-state index in [-0.39, 0.29) is 0 Å². The number of allylic oxidation sites excluding steroid dienone is 5. The maximum absolute atomic E-state index is 4.92. The Labute approximate surface area is 196 Å². The largest absolute Gasteiger partial charge is 0.306 e. The van der Waals surface area contributed by atoms with E-state index in [1.54, 1.807) is 0 Å². The number of hydrogen-bond acceptors (Lipinski definition) is 2. The van der Waals surface area contributed by atoms with Gasteiger partial charge in [0.1, 0.15) is 0 Å². The van der Waals surface area contributed by atoms with Gasteiger partial charge in [-0.2, -0.15) is 0 Å². The normalized spacial score (nSPS) is 12.4. The zero-order valence-corrected chi connectivity index (χ0v) is 20.7. The molecule has 0 amide bonds. The lowest BCUT2D eigenvalue weighted by Crippen LogP contribution is -2.20. The van der Waals surface area contributed by atoms with Gasteiger partial charge in [0.2, 0.25) is 0 Å². The molecule has 0 aliphatic rings. The minimum Gasteiger partial charge on any atom is -0.306 e. The summed E-state index contributed by atoms with van der Waals surface area (Å²) in [5.41, 5.74) is 7.40. The lowest BCUT2D eigenvalue weighted by molar-refractivity contribution is 0.330. The van der Waals surface area contributed by atoms with Gasteiger partial charge in [-0.25, -0.2) is 0 Å². The van der Waals surface area contributed by atoms with Gasteiger partial charge < -0.3 is 4.90 Å². The first-order chi connectivity index (χ1) is 15.6. The summed E-state index contributed by atoms with van der Waals surface area (Å²) in [4.78, 5) is 7.32. The van der Waals surface area contributed by atoms with E-state index in [1.165, 1.54) is 47.2 Å². The van der Waals surface area contributed by atoms with E-state index < -0.39 is 0 Å². The zero-order valence-electron chi connectivity index (χ0n) is 20.7. The number of unbranched alkanes of at least 4 members (excludes halogenated alkanes) is 1. The second-order valence-electron chi connectivity index (χ2n) is 8.69. The summed E-state index contributed by atoms with van der Waals surface area (Å²) in [7, 11) is 2.20. The van der Waals surface area contributed by atoms with E-state index in [0.717, 1.165) is 44.5 Å². The van der Waals surface area contributed by atoms with Crippen LogP contribution in [0.5, 0.6) is 0 Å². The number of aryl methyl sites for hydroxylation is 1. The van der Waals surface area contributed by atoms with Gasteiger partial charge in [-0.1, -0.05) is 81.0 Å². The average Bonchev–Trinajstić information content (AvgIpc) is 2.82. The van der Waals surface area contributed by atoms with E-state index >= 15 is 0 Å². The molecule has 0 saturated carbocycles. The van der Waals surface area contributed by atoms with Crippen LogP contribution in [0.25, 0.3) is 11.3 Å². The molecule has 0 N–H and O–H groups in total. The lowest BCUT2D eigenvalue weighted by atomic mass is 9.99. The topological polar surface area (TPSA) is 16.1 Å². The van der Waals surface area contributed by atoms with Crippen molar-refractivity contribution in [2.75, 3.05) is 20.1 Å². The lowest BCUT2D eigenvalue weighted by Gasteiger charge is -2.14. The van der Waals surface area contributed by atoms with Gasteiger partial charge in [0, 0.05) is 11.3 Å². The van der Waals surface area contributed by atoms with Crippen LogP contribution in [0.3, 0.4) is 0 Å². The first kappa shape index (κ1) is 25.8. The highest BCUT2D eigenvalue weighted by molar-refractivity contribution is 5.59. The first-order valence-electron chi connectivity index (χ1n) is 12.3. The summed E-state index contributed by atoms with van der Waals surface area (Å²) >= 11 is 0. The number of benzene rings is 1. The van der Waals surface area contributed by atoms with Crippen molar-refractivity contribution in [2.45, 2.75) is 65.7 Å². The molecule has 0 atom stereocenters. The molecule has 2 nitrogen and oxygen atoms in total.